The van der Waals surface area contributed by atoms with Crippen molar-refractivity contribution >= 4 is 17.3 Å². The predicted octanol–water partition coefficient (Wildman–Crippen LogP) is 6.43. The second-order valence-corrected chi connectivity index (χ2v) is 9.42. The van der Waals surface area contributed by atoms with Crippen LogP contribution in [0.1, 0.15) is 47.6 Å². The molecule has 3 aromatic carbocycles. The molecule has 5 nitrogen and oxygen atoms in total. The van der Waals surface area contributed by atoms with Gasteiger partial charge in [0, 0.05) is 14.4 Å². The number of hydrazine groups is 1. The number of nitrogens with one attached hydrogen (secondary N) is 2. The molecule has 0 aliphatic heterocycles. The minimum absolute atomic E-state index is 0. The van der Waals surface area contributed by atoms with E-state index >= 15 is 0 Å². The molecule has 36 heavy (non-hydrogen) atoms. The zero-order valence-corrected chi connectivity index (χ0v) is 21.5. The Labute approximate surface area is 215 Å². The van der Waals surface area contributed by atoms with Crippen LogP contribution in [0.2, 0.25) is 0 Å². The highest BCUT2D eigenvalue weighted by Gasteiger charge is 2.31. The molecule has 2 atom stereocenters. The van der Waals surface area contributed by atoms with Gasteiger partial charge in [0.25, 0.3) is 0 Å². The fourth-order valence-electron chi connectivity index (χ4n) is 4.84. The van der Waals surface area contributed by atoms with Crippen LogP contribution in [-0.2, 0) is 22.6 Å². The van der Waals surface area contributed by atoms with Gasteiger partial charge in [-0.3, -0.25) is 10.6 Å². The normalized spacial score (nSPS) is 13.9. The summed E-state index contributed by atoms with van der Waals surface area (Å²) in [5, 5.41) is 3.19. The van der Waals surface area contributed by atoms with Crippen LogP contribution in [-0.4, -0.2) is 13.0 Å². The fraction of sp³-hybridized carbons (Fsp3) is 0.258. The van der Waals surface area contributed by atoms with Crippen molar-refractivity contribution in [1.29, 1.82) is 0 Å². The van der Waals surface area contributed by atoms with E-state index in [0.29, 0.717) is 0 Å². The lowest BCUT2D eigenvalue weighted by Gasteiger charge is -2.28. The maximum atomic E-state index is 13.4. The molecule has 1 aliphatic carbocycles. The van der Waals surface area contributed by atoms with Gasteiger partial charge >= 0.3 is 5.97 Å². The van der Waals surface area contributed by atoms with Crippen LogP contribution in [0.4, 0.5) is 11.4 Å². The summed E-state index contributed by atoms with van der Waals surface area (Å²) >= 11 is 0. The number of benzene rings is 3. The van der Waals surface area contributed by atoms with Gasteiger partial charge in [0.15, 0.2) is 0 Å². The molecule has 0 aromatic heterocycles. The van der Waals surface area contributed by atoms with E-state index in [1.165, 1.54) is 16.7 Å². The molecule has 0 saturated carbocycles. The van der Waals surface area contributed by atoms with E-state index in [1.807, 2.05) is 57.3 Å². The number of esters is 1. The third-order valence-electron chi connectivity index (χ3n) is 7.10. The van der Waals surface area contributed by atoms with Gasteiger partial charge in [-0.05, 0) is 65.3 Å². The lowest BCUT2D eigenvalue weighted by molar-refractivity contribution is -0.149. The van der Waals surface area contributed by atoms with E-state index in [-0.39, 0.29) is 19.9 Å². The molecule has 0 bridgehead atoms. The number of hydrogen-bond acceptors (Lipinski definition) is 5. The molecule has 5 heteroatoms. The molecule has 3 aromatic rings. The number of nitrogen functional groups attached to an aromatic ring is 1. The molecule has 0 spiro atoms. The largest absolute Gasteiger partial charge is 0.461 e. The summed E-state index contributed by atoms with van der Waals surface area (Å²) < 4.78 is 5.79. The maximum absolute atomic E-state index is 13.4. The minimum atomic E-state index is -0.406. The number of anilines is 2. The summed E-state index contributed by atoms with van der Waals surface area (Å²) in [6.07, 6.45) is 7.24. The van der Waals surface area contributed by atoms with E-state index < -0.39 is 5.92 Å². The first-order valence-corrected chi connectivity index (χ1v) is 12.4. The van der Waals surface area contributed by atoms with E-state index in [9.17, 15) is 4.79 Å². The molecule has 0 radical (unpaired) electrons. The first-order chi connectivity index (χ1) is 17.4. The van der Waals surface area contributed by atoms with Crippen LogP contribution in [0, 0.1) is 19.8 Å². The van der Waals surface area contributed by atoms with Gasteiger partial charge in [-0.25, -0.2) is 0 Å². The summed E-state index contributed by atoms with van der Waals surface area (Å²) in [6, 6.07) is 20.4. The highest BCUT2D eigenvalue weighted by molar-refractivity contribution is 5.77. The summed E-state index contributed by atoms with van der Waals surface area (Å²) in [5.41, 5.74) is 12.5. The number of carbonyl (C=O) groups excluding carboxylic acids is 1. The Morgan fingerprint density at radius 2 is 1.83 bits per heavy atom. The number of allylic oxidation sites excluding steroid dienone is 4. The second-order valence-electron chi connectivity index (χ2n) is 9.42. The smallest absolute Gasteiger partial charge is 0.309 e. The van der Waals surface area contributed by atoms with Crippen molar-refractivity contribution in [3.05, 3.63) is 118 Å². The molecule has 4 N–H and O–H groups in total. The Morgan fingerprint density at radius 3 is 2.47 bits per heavy atom. The summed E-state index contributed by atoms with van der Waals surface area (Å²) in [4.78, 5) is 13.4. The Hall–Kier alpha value is -3.83. The lowest BCUT2D eigenvalue weighted by Crippen LogP contribution is -2.24. The molecule has 0 amide bonds. The molecule has 0 heterocycles. The average Bonchev–Trinajstić information content (AvgIpc) is 2.87. The molecule has 188 valence electrons. The van der Waals surface area contributed by atoms with Crippen molar-refractivity contribution in [2.45, 2.75) is 39.7 Å². The van der Waals surface area contributed by atoms with Crippen LogP contribution in [0.25, 0.3) is 0 Å². The summed E-state index contributed by atoms with van der Waals surface area (Å²) in [5.74, 6) is 5.08. The summed E-state index contributed by atoms with van der Waals surface area (Å²) in [6.45, 7) is 6.39. The molecule has 0 saturated heterocycles. The predicted molar refractivity (Wildman–Crippen MR) is 150 cm³/mol. The summed E-state index contributed by atoms with van der Waals surface area (Å²) in [7, 11) is 1.87. The van der Waals surface area contributed by atoms with Gasteiger partial charge in [0.05, 0.1) is 17.3 Å². The second kappa shape index (κ2) is 11.3. The van der Waals surface area contributed by atoms with Gasteiger partial charge in [0.2, 0.25) is 0 Å². The third kappa shape index (κ3) is 5.37. The Bertz CT molecular complexity index is 1300. The monoisotopic (exact) mass is 483 g/mol. The lowest BCUT2D eigenvalue weighted by atomic mass is 9.78. The van der Waals surface area contributed by atoms with E-state index in [2.05, 4.69) is 60.2 Å². The number of ether oxygens (including phenoxy) is 1. The third-order valence-corrected chi connectivity index (χ3v) is 7.10. The van der Waals surface area contributed by atoms with Gasteiger partial charge in [0.1, 0.15) is 6.61 Å². The minimum Gasteiger partial charge on any atom is -0.461 e. The molecular weight excluding hydrogens is 446 g/mol. The van der Waals surface area contributed by atoms with Crippen LogP contribution < -0.4 is 16.6 Å². The molecule has 0 unspecified atom stereocenters. The standard InChI is InChI=1S/C31H35N3O2.H2/c1-20-13-14-25(18-26(20)17-23-11-8-12-23)29(27-15-16-28(33-4)30(34-32)21(27)2)22(3)31(35)36-19-24-9-6-5-7-10-24;/h5-16,18,22,29,33-34H,17,19,32H2,1-4H3;1H/t22-,29-;/m1./s1. The number of aryl methyl sites for hydroxylation is 1. The first kappa shape index (κ1) is 25.3. The van der Waals surface area contributed by atoms with Crippen molar-refractivity contribution in [3.63, 3.8) is 0 Å². The number of carbonyl (C=O) groups is 1. The first-order valence-electron chi connectivity index (χ1n) is 12.4. The van der Waals surface area contributed by atoms with Gasteiger partial charge in [-0.1, -0.05) is 79.7 Å². The zero-order chi connectivity index (χ0) is 25.7. The molecule has 0 fully saturated rings. The van der Waals surface area contributed by atoms with Crippen LogP contribution >= 0.6 is 0 Å². The maximum Gasteiger partial charge on any atom is 0.309 e. The zero-order valence-electron chi connectivity index (χ0n) is 21.5. The number of hydrogen-bond donors (Lipinski definition) is 3. The topological polar surface area (TPSA) is 76.4 Å². The van der Waals surface area contributed by atoms with Crippen LogP contribution in [0.15, 0.2) is 84.5 Å². The highest BCUT2D eigenvalue weighted by atomic mass is 16.5. The fourth-order valence-corrected chi connectivity index (χ4v) is 4.84. The Morgan fingerprint density at radius 1 is 1.08 bits per heavy atom. The van der Waals surface area contributed by atoms with Gasteiger partial charge in [-0.2, -0.15) is 0 Å². The average molecular weight is 484 g/mol. The van der Waals surface area contributed by atoms with Crippen molar-refractivity contribution in [1.82, 2.24) is 0 Å². The number of nitrogens with two attached hydrogens (primary N) is 1. The van der Waals surface area contributed by atoms with Crippen LogP contribution in [0.5, 0.6) is 0 Å². The SMILES string of the molecule is CNc1ccc([C@@H](c2ccc(C)c(CC3=CC=C3)c2)[C@@H](C)C(=O)OCc2ccccc2)c(C)c1NN.[HH]. The Balaban J connectivity index is 0.00000380. The number of rotatable bonds is 10. The van der Waals surface area contributed by atoms with Crippen molar-refractivity contribution < 1.29 is 11.0 Å². The van der Waals surface area contributed by atoms with E-state index in [0.717, 1.165) is 40.0 Å². The quantitative estimate of drug-likeness (QED) is 0.176. The van der Waals surface area contributed by atoms with Crippen LogP contribution in [0.3, 0.4) is 0 Å². The Kier molecular flexibility index (Phi) is 7.91. The molecular formula is C31H37N3O2. The van der Waals surface area contributed by atoms with Crippen molar-refractivity contribution in [2.24, 2.45) is 11.8 Å². The van der Waals surface area contributed by atoms with E-state index in [4.69, 9.17) is 10.6 Å². The van der Waals surface area contributed by atoms with Gasteiger partial charge in [-0.15, -0.1) is 0 Å². The highest BCUT2D eigenvalue weighted by Crippen LogP contribution is 2.40. The van der Waals surface area contributed by atoms with Crippen molar-refractivity contribution in [3.8, 4) is 0 Å². The van der Waals surface area contributed by atoms with E-state index in [1.54, 1.807) is 0 Å². The molecule has 4 rings (SSSR count). The molecule has 1 aliphatic rings. The van der Waals surface area contributed by atoms with Crippen molar-refractivity contribution in [2.75, 3.05) is 17.8 Å². The van der Waals surface area contributed by atoms with Gasteiger partial charge < -0.3 is 15.5 Å².